The number of hydrogen-bond acceptors (Lipinski definition) is 3. The Balaban J connectivity index is 2.56. The third kappa shape index (κ3) is 2.28. The Hall–Kier alpha value is -2.07. The van der Waals surface area contributed by atoms with Gasteiger partial charge >= 0.3 is 5.97 Å². The van der Waals surface area contributed by atoms with Crippen molar-refractivity contribution in [2.24, 2.45) is 0 Å². The van der Waals surface area contributed by atoms with E-state index in [0.717, 1.165) is 5.56 Å². The van der Waals surface area contributed by atoms with Crippen molar-refractivity contribution in [2.45, 2.75) is 0 Å². The topological polar surface area (TPSA) is 59.4 Å². The van der Waals surface area contributed by atoms with Crippen molar-refractivity contribution in [3.05, 3.63) is 47.2 Å². The van der Waals surface area contributed by atoms with Crippen LogP contribution in [0.1, 0.15) is 10.4 Å². The van der Waals surface area contributed by atoms with Crippen LogP contribution in [0.2, 0.25) is 5.15 Å². The molecule has 2 aromatic rings. The van der Waals surface area contributed by atoms with Gasteiger partial charge in [0.15, 0.2) is 0 Å². The smallest absolute Gasteiger partial charge is 0.339 e. The lowest BCUT2D eigenvalue weighted by atomic mass is 10.0. The monoisotopic (exact) mass is 263 g/mol. The summed E-state index contributed by atoms with van der Waals surface area (Å²) in [5, 5.41) is 9.14. The van der Waals surface area contributed by atoms with E-state index in [1.807, 2.05) is 0 Å². The fourth-order valence-corrected chi connectivity index (χ4v) is 1.89. The van der Waals surface area contributed by atoms with Crippen molar-refractivity contribution in [2.75, 3.05) is 7.11 Å². The van der Waals surface area contributed by atoms with Crippen molar-refractivity contribution < 1.29 is 14.6 Å². The van der Waals surface area contributed by atoms with Crippen molar-refractivity contribution >= 4 is 17.6 Å². The van der Waals surface area contributed by atoms with E-state index in [-0.39, 0.29) is 10.7 Å². The van der Waals surface area contributed by atoms with E-state index in [9.17, 15) is 4.79 Å². The number of rotatable bonds is 3. The Bertz CT molecular complexity index is 581. The lowest BCUT2D eigenvalue weighted by Crippen LogP contribution is -2.02. The Morgan fingerprint density at radius 3 is 2.50 bits per heavy atom. The highest BCUT2D eigenvalue weighted by Gasteiger charge is 2.16. The molecule has 0 aliphatic heterocycles. The molecule has 0 amide bonds. The predicted molar refractivity (Wildman–Crippen MR) is 68.2 cm³/mol. The molecule has 0 bridgehead atoms. The van der Waals surface area contributed by atoms with Crippen molar-refractivity contribution in [1.29, 1.82) is 0 Å². The molecule has 1 aromatic carbocycles. The second-order valence-corrected chi connectivity index (χ2v) is 3.92. The average molecular weight is 264 g/mol. The number of nitrogens with zero attached hydrogens (tertiary/aromatic N) is 1. The highest BCUT2D eigenvalue weighted by atomic mass is 35.5. The van der Waals surface area contributed by atoms with Crippen molar-refractivity contribution in [1.82, 2.24) is 4.98 Å². The molecule has 1 N–H and O–H groups in total. The van der Waals surface area contributed by atoms with E-state index in [2.05, 4.69) is 4.98 Å². The van der Waals surface area contributed by atoms with Crippen molar-refractivity contribution in [3.63, 3.8) is 0 Å². The molecule has 0 spiro atoms. The van der Waals surface area contributed by atoms with Gasteiger partial charge in [0.1, 0.15) is 16.5 Å². The number of aromatic carboxylic acids is 1. The van der Waals surface area contributed by atoms with Crippen LogP contribution in [-0.2, 0) is 0 Å². The molecule has 0 fully saturated rings. The van der Waals surface area contributed by atoms with Gasteiger partial charge in [0.05, 0.1) is 7.11 Å². The molecule has 0 atom stereocenters. The number of carboxylic acids is 1. The molecule has 4 nitrogen and oxygen atoms in total. The third-order valence-electron chi connectivity index (χ3n) is 2.52. The maximum absolute atomic E-state index is 11.2. The summed E-state index contributed by atoms with van der Waals surface area (Å²) in [6.07, 6.45) is 1.48. The van der Waals surface area contributed by atoms with E-state index in [1.54, 1.807) is 37.4 Å². The zero-order chi connectivity index (χ0) is 13.1. The molecule has 0 aliphatic carbocycles. The summed E-state index contributed by atoms with van der Waals surface area (Å²) in [6.45, 7) is 0. The average Bonchev–Trinajstić information content (AvgIpc) is 2.38. The zero-order valence-corrected chi connectivity index (χ0v) is 10.3. The molecule has 18 heavy (non-hydrogen) atoms. The van der Waals surface area contributed by atoms with E-state index in [4.69, 9.17) is 21.4 Å². The van der Waals surface area contributed by atoms with Gasteiger partial charge in [0.25, 0.3) is 0 Å². The number of methoxy groups -OCH3 is 1. The lowest BCUT2D eigenvalue weighted by molar-refractivity contribution is 0.0697. The molecule has 1 aromatic heterocycles. The van der Waals surface area contributed by atoms with Crippen LogP contribution in [-0.4, -0.2) is 23.2 Å². The van der Waals surface area contributed by atoms with E-state index >= 15 is 0 Å². The van der Waals surface area contributed by atoms with Crippen LogP contribution in [0.4, 0.5) is 0 Å². The standard InChI is InChI=1S/C13H10ClNO3/c1-18-9-4-2-8(3-5-9)10-6-7-15-12(14)11(10)13(16)17/h2-7H,1H3,(H,16,17). The van der Waals surface area contributed by atoms with Gasteiger partial charge < -0.3 is 9.84 Å². The summed E-state index contributed by atoms with van der Waals surface area (Å²) >= 11 is 5.82. The Kier molecular flexibility index (Phi) is 3.48. The minimum atomic E-state index is -1.10. The first kappa shape index (κ1) is 12.4. The van der Waals surface area contributed by atoms with Gasteiger partial charge in [-0.2, -0.15) is 0 Å². The maximum Gasteiger partial charge on any atom is 0.339 e. The first-order chi connectivity index (χ1) is 8.63. The van der Waals surface area contributed by atoms with Gasteiger partial charge in [-0.15, -0.1) is 0 Å². The van der Waals surface area contributed by atoms with Crippen LogP contribution in [0.3, 0.4) is 0 Å². The number of hydrogen-bond donors (Lipinski definition) is 1. The van der Waals surface area contributed by atoms with Gasteiger partial charge in [-0.05, 0) is 23.8 Å². The highest BCUT2D eigenvalue weighted by molar-refractivity contribution is 6.33. The van der Waals surface area contributed by atoms with Crippen molar-refractivity contribution in [3.8, 4) is 16.9 Å². The van der Waals surface area contributed by atoms with Gasteiger partial charge in [0.2, 0.25) is 0 Å². The number of carboxylic acid groups (broad SMARTS) is 1. The normalized spacial score (nSPS) is 10.1. The van der Waals surface area contributed by atoms with Crippen LogP contribution in [0, 0.1) is 0 Å². The van der Waals surface area contributed by atoms with Crippen LogP contribution < -0.4 is 4.74 Å². The summed E-state index contributed by atoms with van der Waals surface area (Å²) in [4.78, 5) is 15.0. The number of pyridine rings is 1. The second kappa shape index (κ2) is 5.06. The van der Waals surface area contributed by atoms with E-state index < -0.39 is 5.97 Å². The fraction of sp³-hybridized carbons (Fsp3) is 0.0769. The summed E-state index contributed by atoms with van der Waals surface area (Å²) in [6, 6.07) is 8.69. The number of carbonyl (C=O) groups is 1. The van der Waals surface area contributed by atoms with Gasteiger partial charge in [-0.1, -0.05) is 23.7 Å². The highest BCUT2D eigenvalue weighted by Crippen LogP contribution is 2.28. The SMILES string of the molecule is COc1ccc(-c2ccnc(Cl)c2C(=O)O)cc1. The fourth-order valence-electron chi connectivity index (χ4n) is 1.65. The Morgan fingerprint density at radius 1 is 1.28 bits per heavy atom. The predicted octanol–water partition coefficient (Wildman–Crippen LogP) is 3.11. The molecule has 0 saturated heterocycles. The second-order valence-electron chi connectivity index (χ2n) is 3.56. The molecule has 5 heteroatoms. The summed E-state index contributed by atoms with van der Waals surface area (Å²) in [7, 11) is 1.57. The van der Waals surface area contributed by atoms with E-state index in [1.165, 1.54) is 6.20 Å². The number of aromatic nitrogens is 1. The van der Waals surface area contributed by atoms with Crippen LogP contribution in [0.15, 0.2) is 36.5 Å². The molecular formula is C13H10ClNO3. The lowest BCUT2D eigenvalue weighted by Gasteiger charge is -2.08. The minimum Gasteiger partial charge on any atom is -0.497 e. The van der Waals surface area contributed by atoms with E-state index in [0.29, 0.717) is 11.3 Å². The summed E-state index contributed by atoms with van der Waals surface area (Å²) in [5.74, 6) is -0.394. The molecule has 1 heterocycles. The third-order valence-corrected chi connectivity index (χ3v) is 2.81. The minimum absolute atomic E-state index is 0.00401. The van der Waals surface area contributed by atoms with Crippen LogP contribution in [0.5, 0.6) is 5.75 Å². The van der Waals surface area contributed by atoms with Gasteiger partial charge in [-0.25, -0.2) is 9.78 Å². The summed E-state index contributed by atoms with van der Waals surface area (Å²) in [5.41, 5.74) is 1.28. The molecule has 0 radical (unpaired) electrons. The Morgan fingerprint density at radius 2 is 1.94 bits per heavy atom. The molecule has 2 rings (SSSR count). The van der Waals surface area contributed by atoms with Crippen LogP contribution in [0.25, 0.3) is 11.1 Å². The first-order valence-corrected chi connectivity index (χ1v) is 5.53. The van der Waals surface area contributed by atoms with Gasteiger partial charge in [-0.3, -0.25) is 0 Å². The summed E-state index contributed by atoms with van der Waals surface area (Å²) < 4.78 is 5.05. The number of ether oxygens (including phenoxy) is 1. The molecule has 0 saturated carbocycles. The molecule has 0 unspecified atom stereocenters. The number of benzene rings is 1. The van der Waals surface area contributed by atoms with Gasteiger partial charge in [0, 0.05) is 11.8 Å². The molecule has 92 valence electrons. The molecular weight excluding hydrogens is 254 g/mol. The maximum atomic E-state index is 11.2. The quantitative estimate of drug-likeness (QED) is 0.865. The first-order valence-electron chi connectivity index (χ1n) is 5.15. The number of halogens is 1. The van der Waals surface area contributed by atoms with Crippen LogP contribution >= 0.6 is 11.6 Å². The zero-order valence-electron chi connectivity index (χ0n) is 9.55. The molecule has 0 aliphatic rings. The Labute approximate surface area is 109 Å². The largest absolute Gasteiger partial charge is 0.497 e.